The van der Waals surface area contributed by atoms with Gasteiger partial charge in [-0.15, -0.1) is 0 Å². The second-order valence-corrected chi connectivity index (χ2v) is 5.60. The molecule has 0 aromatic carbocycles. The van der Waals surface area contributed by atoms with Crippen molar-refractivity contribution >= 4 is 34.8 Å². The molecule has 0 aromatic heterocycles. The summed E-state index contributed by atoms with van der Waals surface area (Å²) in [6.45, 7) is 8.02. The number of rotatable bonds is 9. The molecule has 0 aliphatic heterocycles. The van der Waals surface area contributed by atoms with Crippen molar-refractivity contribution in [2.45, 2.75) is 0 Å². The molecule has 0 spiro atoms. The van der Waals surface area contributed by atoms with Crippen LogP contribution in [0, 0.1) is 0 Å². The lowest BCUT2D eigenvalue weighted by Crippen LogP contribution is -1.91. The minimum atomic E-state index is 0.637. The van der Waals surface area contributed by atoms with E-state index in [-0.39, 0.29) is 0 Å². The first-order valence-electron chi connectivity index (χ1n) is 5.09. The van der Waals surface area contributed by atoms with E-state index in [0.29, 0.717) is 6.61 Å². The van der Waals surface area contributed by atoms with E-state index in [1.807, 2.05) is 33.0 Å². The largest absolute Gasteiger partial charge is 0.381 e. The minimum Gasteiger partial charge on any atom is -0.381 e. The maximum absolute atomic E-state index is 4.92. The van der Waals surface area contributed by atoms with Gasteiger partial charge < -0.3 is 4.74 Å². The van der Waals surface area contributed by atoms with Crippen molar-refractivity contribution in [3.63, 3.8) is 0 Å². The van der Waals surface area contributed by atoms with Crippen LogP contribution in [-0.2, 0) is 4.74 Å². The molecule has 0 atom stereocenters. The molecule has 0 unspecified atom stereocenters. The Hall–Kier alpha value is -0.460. The molecule has 0 bridgehead atoms. The average molecular weight is 363 g/mol. The highest BCUT2D eigenvalue weighted by molar-refractivity contribution is 14.1. The fourth-order valence-corrected chi connectivity index (χ4v) is 2.10. The van der Waals surface area contributed by atoms with Crippen LogP contribution in [0.25, 0.3) is 0 Å². The van der Waals surface area contributed by atoms with Gasteiger partial charge in [0.25, 0.3) is 0 Å². The van der Waals surface area contributed by atoms with Crippen LogP contribution in [-0.4, -0.2) is 22.0 Å². The summed E-state index contributed by atoms with van der Waals surface area (Å²) < 4.78 is 6.94. The topological polar surface area (TPSA) is 12.5 Å². The van der Waals surface area contributed by atoms with Crippen molar-refractivity contribution in [2.75, 3.05) is 19.5 Å². The predicted octanol–water partition coefficient (Wildman–Crippen LogP) is 4.30. The summed E-state index contributed by atoms with van der Waals surface area (Å²) in [4.78, 5) is 0. The molecule has 0 aliphatic carbocycles. The van der Waals surface area contributed by atoms with E-state index in [9.17, 15) is 0 Å². The Morgan fingerprint density at radius 1 is 1.41 bits per heavy atom. The van der Waals surface area contributed by atoms with Crippen molar-refractivity contribution in [2.24, 2.45) is 0 Å². The lowest BCUT2D eigenvalue weighted by Gasteiger charge is -2.07. The summed E-state index contributed by atoms with van der Waals surface area (Å²) in [6, 6.07) is 0. The van der Waals surface area contributed by atoms with E-state index in [2.05, 4.69) is 42.1 Å². The number of hydrogen-bond acceptors (Lipinski definition) is 3. The summed E-state index contributed by atoms with van der Waals surface area (Å²) in [6.07, 6.45) is 13.6. The fourth-order valence-electron chi connectivity index (χ4n) is 0.891. The van der Waals surface area contributed by atoms with Crippen LogP contribution >= 0.6 is 34.8 Å². The van der Waals surface area contributed by atoms with Crippen molar-refractivity contribution in [3.8, 4) is 0 Å². The van der Waals surface area contributed by atoms with Crippen LogP contribution in [0.3, 0.4) is 0 Å². The van der Waals surface area contributed by atoms with Gasteiger partial charge in [0.1, 0.15) is 0 Å². The molecule has 0 N–H and O–H groups in total. The molecule has 0 aromatic rings. The maximum Gasteiger partial charge on any atom is 0.0707 e. The highest BCUT2D eigenvalue weighted by Gasteiger charge is 1.91. The molecule has 17 heavy (non-hydrogen) atoms. The van der Waals surface area contributed by atoms with E-state index in [0.717, 1.165) is 11.3 Å². The van der Waals surface area contributed by atoms with E-state index < -0.39 is 0 Å². The second kappa shape index (κ2) is 12.0. The molecule has 0 saturated heterocycles. The molecule has 0 saturated carbocycles. The van der Waals surface area contributed by atoms with Crippen molar-refractivity contribution < 1.29 is 4.74 Å². The predicted molar refractivity (Wildman–Crippen MR) is 87.0 cm³/mol. The maximum atomic E-state index is 4.92. The number of halogens is 1. The van der Waals surface area contributed by atoms with Gasteiger partial charge in [-0.25, -0.2) is 0 Å². The summed E-state index contributed by atoms with van der Waals surface area (Å²) in [7, 11) is 1.68. The van der Waals surface area contributed by atoms with Gasteiger partial charge in [-0.3, -0.25) is 2.52 Å². The third-order valence-electron chi connectivity index (χ3n) is 1.64. The third kappa shape index (κ3) is 10.4. The van der Waals surface area contributed by atoms with Gasteiger partial charge in [-0.05, 0) is 23.6 Å². The zero-order chi connectivity index (χ0) is 12.9. The Bertz CT molecular complexity index is 311. The van der Waals surface area contributed by atoms with Crippen molar-refractivity contribution in [1.82, 2.24) is 2.52 Å². The zero-order valence-corrected chi connectivity index (χ0v) is 13.0. The van der Waals surface area contributed by atoms with Gasteiger partial charge in [0.2, 0.25) is 0 Å². The zero-order valence-electron chi connectivity index (χ0n) is 10.0. The van der Waals surface area contributed by atoms with Gasteiger partial charge in [0, 0.05) is 19.1 Å². The first-order valence-corrected chi connectivity index (χ1v) is 7.00. The number of methoxy groups -OCH3 is 1. The Morgan fingerprint density at radius 3 is 2.76 bits per heavy atom. The highest BCUT2D eigenvalue weighted by Crippen LogP contribution is 2.16. The number of nitrogens with zero attached hydrogens (tertiary/aromatic N) is 1. The van der Waals surface area contributed by atoms with Gasteiger partial charge in [0.15, 0.2) is 0 Å². The van der Waals surface area contributed by atoms with E-state index >= 15 is 0 Å². The number of ether oxygens (including phenoxy) is 1. The van der Waals surface area contributed by atoms with Crippen LogP contribution < -0.4 is 0 Å². The first-order chi connectivity index (χ1) is 8.24. The van der Waals surface area contributed by atoms with Gasteiger partial charge in [-0.2, -0.15) is 0 Å². The molecule has 0 aliphatic rings. The fraction of sp³-hybridized carbons (Fsp3) is 0.231. The van der Waals surface area contributed by atoms with Crippen molar-refractivity contribution in [1.29, 1.82) is 0 Å². The van der Waals surface area contributed by atoms with Crippen LogP contribution in [0.2, 0.25) is 0 Å². The summed E-state index contributed by atoms with van der Waals surface area (Å²) in [5.41, 5.74) is 1.07. The standard InChI is InChI=1S/C13H18INOS/c1-4-8-13(5-2)9-6-12-17-15(14)10-7-11-16-3/h4-10H,1-2,11-12H2,3H3/b9-6+,10-7-,13-8+. The Balaban J connectivity index is 3.89. The first kappa shape index (κ1) is 16.5. The van der Waals surface area contributed by atoms with E-state index in [1.165, 1.54) is 0 Å². The Labute approximate surface area is 122 Å². The van der Waals surface area contributed by atoms with Gasteiger partial charge in [0.05, 0.1) is 29.5 Å². The molecular formula is C13H18INOS. The smallest absolute Gasteiger partial charge is 0.0707 e. The van der Waals surface area contributed by atoms with Gasteiger partial charge in [-0.1, -0.05) is 43.5 Å². The van der Waals surface area contributed by atoms with Crippen LogP contribution in [0.4, 0.5) is 0 Å². The molecule has 0 fully saturated rings. The quantitative estimate of drug-likeness (QED) is 0.262. The van der Waals surface area contributed by atoms with Crippen LogP contribution in [0.1, 0.15) is 0 Å². The molecule has 0 radical (unpaired) electrons. The molecule has 4 heteroatoms. The van der Waals surface area contributed by atoms with Crippen LogP contribution in [0.5, 0.6) is 0 Å². The highest BCUT2D eigenvalue weighted by atomic mass is 127. The number of hydrogen-bond donors (Lipinski definition) is 0. The third-order valence-corrected chi connectivity index (χ3v) is 3.50. The summed E-state index contributed by atoms with van der Waals surface area (Å²) in [5, 5.41) is 0. The van der Waals surface area contributed by atoms with Gasteiger partial charge >= 0.3 is 0 Å². The lowest BCUT2D eigenvalue weighted by atomic mass is 10.2. The SMILES string of the molecule is C=C/C=C(C=C)/C=C/CSN(I)/C=C\COC. The lowest BCUT2D eigenvalue weighted by molar-refractivity contribution is 0.233. The van der Waals surface area contributed by atoms with E-state index in [1.54, 1.807) is 25.1 Å². The van der Waals surface area contributed by atoms with Crippen molar-refractivity contribution in [3.05, 3.63) is 61.4 Å². The molecule has 0 rings (SSSR count). The monoisotopic (exact) mass is 363 g/mol. The van der Waals surface area contributed by atoms with E-state index in [4.69, 9.17) is 4.74 Å². The molecular weight excluding hydrogens is 345 g/mol. The molecule has 0 heterocycles. The summed E-state index contributed by atoms with van der Waals surface area (Å²) >= 11 is 3.93. The Kier molecular flexibility index (Phi) is 11.7. The molecule has 0 amide bonds. The Morgan fingerprint density at radius 2 is 2.18 bits per heavy atom. The average Bonchev–Trinajstić information content (AvgIpc) is 2.33. The minimum absolute atomic E-state index is 0.637. The second-order valence-electron chi connectivity index (χ2n) is 2.92. The van der Waals surface area contributed by atoms with Crippen LogP contribution in [0.15, 0.2) is 61.4 Å². The molecule has 94 valence electrons. The normalized spacial score (nSPS) is 12.2. The molecule has 2 nitrogen and oxygen atoms in total. The summed E-state index contributed by atoms with van der Waals surface area (Å²) in [5.74, 6) is 0.905. The number of allylic oxidation sites excluding steroid dienone is 5.